The van der Waals surface area contributed by atoms with Gasteiger partial charge in [0.25, 0.3) is 0 Å². The van der Waals surface area contributed by atoms with E-state index >= 15 is 0 Å². The molecule has 2 nitrogen and oxygen atoms in total. The lowest BCUT2D eigenvalue weighted by Crippen LogP contribution is -2.41. The van der Waals surface area contributed by atoms with E-state index in [1.165, 1.54) is 5.56 Å². The molecule has 0 spiro atoms. The summed E-state index contributed by atoms with van der Waals surface area (Å²) in [6, 6.07) is 4.11. The fourth-order valence-electron chi connectivity index (χ4n) is 1.27. The number of hydrogen-bond acceptors (Lipinski definition) is 2. The minimum absolute atomic E-state index is 0.114. The Morgan fingerprint density at radius 1 is 1.46 bits per heavy atom. The number of hydrogen-bond donors (Lipinski definition) is 1. The highest BCUT2D eigenvalue weighted by Crippen LogP contribution is 2.26. The second-order valence-electron chi connectivity index (χ2n) is 3.98. The summed E-state index contributed by atoms with van der Waals surface area (Å²) >= 11 is 0. The molecule has 1 aromatic heterocycles. The van der Waals surface area contributed by atoms with Gasteiger partial charge in [-0.2, -0.15) is 0 Å². The molecule has 1 N–H and O–H groups in total. The van der Waals surface area contributed by atoms with E-state index in [-0.39, 0.29) is 5.54 Å². The van der Waals surface area contributed by atoms with Gasteiger partial charge in [-0.05, 0) is 32.5 Å². The average Bonchev–Trinajstić information content (AvgIpc) is 2.18. The molecule has 0 saturated heterocycles. The van der Waals surface area contributed by atoms with Crippen molar-refractivity contribution in [3.63, 3.8) is 0 Å². The lowest BCUT2D eigenvalue weighted by atomic mass is 9.84. The zero-order chi connectivity index (χ0) is 9.90. The largest absolute Gasteiger partial charge is 0.314 e. The number of aromatic nitrogens is 1. The van der Waals surface area contributed by atoms with E-state index in [0.29, 0.717) is 5.92 Å². The van der Waals surface area contributed by atoms with Crippen molar-refractivity contribution in [2.45, 2.75) is 32.2 Å². The van der Waals surface area contributed by atoms with Crippen molar-refractivity contribution in [1.29, 1.82) is 0 Å². The molecular formula is C11H18N2. The second-order valence-corrected chi connectivity index (χ2v) is 3.98. The van der Waals surface area contributed by atoms with Crippen molar-refractivity contribution in [3.8, 4) is 0 Å². The summed E-state index contributed by atoms with van der Waals surface area (Å²) in [6.45, 7) is 6.61. The average molecular weight is 178 g/mol. The molecule has 0 radical (unpaired) electrons. The van der Waals surface area contributed by atoms with Gasteiger partial charge in [-0.15, -0.1) is 0 Å². The Bertz CT molecular complexity index is 254. The Balaban J connectivity index is 2.85. The summed E-state index contributed by atoms with van der Waals surface area (Å²) < 4.78 is 0. The molecule has 0 amide bonds. The van der Waals surface area contributed by atoms with Crippen LogP contribution in [-0.2, 0) is 0 Å². The van der Waals surface area contributed by atoms with Gasteiger partial charge < -0.3 is 5.32 Å². The zero-order valence-corrected chi connectivity index (χ0v) is 8.83. The van der Waals surface area contributed by atoms with Crippen LogP contribution in [0.4, 0.5) is 0 Å². The van der Waals surface area contributed by atoms with Crippen molar-refractivity contribution in [2.75, 3.05) is 7.05 Å². The molecule has 0 saturated carbocycles. The molecule has 1 unspecified atom stereocenters. The molecule has 1 rings (SSSR count). The van der Waals surface area contributed by atoms with Gasteiger partial charge in [0.1, 0.15) is 0 Å². The van der Waals surface area contributed by atoms with Crippen LogP contribution in [-0.4, -0.2) is 17.6 Å². The summed E-state index contributed by atoms with van der Waals surface area (Å²) in [5.74, 6) is 0.464. The van der Waals surface area contributed by atoms with Gasteiger partial charge in [-0.25, -0.2) is 0 Å². The summed E-state index contributed by atoms with van der Waals surface area (Å²) in [4.78, 5) is 4.13. The normalized spacial score (nSPS) is 14.2. The summed E-state index contributed by atoms with van der Waals surface area (Å²) in [6.07, 6.45) is 3.74. The van der Waals surface area contributed by atoms with Crippen molar-refractivity contribution >= 4 is 0 Å². The smallest absolute Gasteiger partial charge is 0.0303 e. The highest BCUT2D eigenvalue weighted by atomic mass is 14.9. The van der Waals surface area contributed by atoms with E-state index in [4.69, 9.17) is 0 Å². The van der Waals surface area contributed by atoms with Crippen LogP contribution in [0, 0.1) is 0 Å². The standard InChI is InChI=1S/C11H18N2/c1-9(11(2,3)12-4)10-6-5-7-13-8-10/h5-9,12H,1-4H3. The number of rotatable bonds is 3. The van der Waals surface area contributed by atoms with E-state index in [9.17, 15) is 0 Å². The van der Waals surface area contributed by atoms with Crippen LogP contribution in [0.1, 0.15) is 32.3 Å². The van der Waals surface area contributed by atoms with E-state index in [0.717, 1.165) is 0 Å². The first-order valence-electron chi connectivity index (χ1n) is 4.67. The molecular weight excluding hydrogens is 160 g/mol. The van der Waals surface area contributed by atoms with Crippen molar-refractivity contribution in [1.82, 2.24) is 10.3 Å². The van der Waals surface area contributed by atoms with Crippen molar-refractivity contribution in [2.24, 2.45) is 0 Å². The molecule has 0 aliphatic heterocycles. The van der Waals surface area contributed by atoms with Gasteiger partial charge in [0.05, 0.1) is 0 Å². The molecule has 0 fully saturated rings. The van der Waals surface area contributed by atoms with Crippen LogP contribution in [0.25, 0.3) is 0 Å². The molecule has 1 aromatic rings. The Hall–Kier alpha value is -0.890. The van der Waals surface area contributed by atoms with Gasteiger partial charge >= 0.3 is 0 Å². The highest BCUT2D eigenvalue weighted by Gasteiger charge is 2.24. The van der Waals surface area contributed by atoms with E-state index < -0.39 is 0 Å². The SMILES string of the molecule is CNC(C)(C)C(C)c1cccnc1. The monoisotopic (exact) mass is 178 g/mol. The number of likely N-dealkylation sites (N-methyl/N-ethyl adjacent to an activating group) is 1. The predicted octanol–water partition coefficient (Wildman–Crippen LogP) is 2.18. The lowest BCUT2D eigenvalue weighted by molar-refractivity contribution is 0.359. The maximum Gasteiger partial charge on any atom is 0.0303 e. The lowest BCUT2D eigenvalue weighted by Gasteiger charge is -2.31. The molecule has 2 heteroatoms. The molecule has 13 heavy (non-hydrogen) atoms. The first-order chi connectivity index (χ1) is 6.08. The maximum absolute atomic E-state index is 4.13. The molecule has 0 aliphatic carbocycles. The minimum atomic E-state index is 0.114. The quantitative estimate of drug-likeness (QED) is 0.767. The number of pyridine rings is 1. The van der Waals surface area contributed by atoms with Crippen molar-refractivity contribution < 1.29 is 0 Å². The zero-order valence-electron chi connectivity index (χ0n) is 8.83. The molecule has 0 bridgehead atoms. The maximum atomic E-state index is 4.13. The Morgan fingerprint density at radius 3 is 2.62 bits per heavy atom. The highest BCUT2D eigenvalue weighted by molar-refractivity contribution is 5.18. The molecule has 0 aliphatic rings. The Morgan fingerprint density at radius 2 is 2.15 bits per heavy atom. The molecule has 1 atom stereocenters. The van der Waals surface area contributed by atoms with Gasteiger partial charge in [-0.3, -0.25) is 4.98 Å². The number of nitrogens with one attached hydrogen (secondary N) is 1. The summed E-state index contributed by atoms with van der Waals surface area (Å²) in [5.41, 5.74) is 1.39. The Labute approximate surface area is 80.4 Å². The Kier molecular flexibility index (Phi) is 3.04. The van der Waals surface area contributed by atoms with Crippen molar-refractivity contribution in [3.05, 3.63) is 30.1 Å². The van der Waals surface area contributed by atoms with Crippen LogP contribution in [0.5, 0.6) is 0 Å². The topological polar surface area (TPSA) is 24.9 Å². The number of nitrogens with zero attached hydrogens (tertiary/aromatic N) is 1. The van der Waals surface area contributed by atoms with Gasteiger partial charge in [-0.1, -0.05) is 13.0 Å². The molecule has 0 aromatic carbocycles. The van der Waals surface area contributed by atoms with Crippen LogP contribution in [0.2, 0.25) is 0 Å². The van der Waals surface area contributed by atoms with Crippen LogP contribution < -0.4 is 5.32 Å². The van der Waals surface area contributed by atoms with Crippen LogP contribution in [0.15, 0.2) is 24.5 Å². The van der Waals surface area contributed by atoms with Gasteiger partial charge in [0.15, 0.2) is 0 Å². The van der Waals surface area contributed by atoms with Gasteiger partial charge in [0.2, 0.25) is 0 Å². The first kappa shape index (κ1) is 10.2. The molecule has 72 valence electrons. The van der Waals surface area contributed by atoms with Crippen LogP contribution in [0.3, 0.4) is 0 Å². The third kappa shape index (κ3) is 2.28. The van der Waals surface area contributed by atoms with Crippen LogP contribution >= 0.6 is 0 Å². The van der Waals surface area contributed by atoms with Gasteiger partial charge in [0, 0.05) is 23.9 Å². The summed E-state index contributed by atoms with van der Waals surface area (Å²) in [7, 11) is 1.99. The molecule has 1 heterocycles. The minimum Gasteiger partial charge on any atom is -0.314 e. The summed E-state index contributed by atoms with van der Waals surface area (Å²) in [5, 5.41) is 3.31. The fourth-order valence-corrected chi connectivity index (χ4v) is 1.27. The van der Waals surface area contributed by atoms with E-state index in [2.05, 4.69) is 37.1 Å². The van der Waals surface area contributed by atoms with E-state index in [1.54, 1.807) is 0 Å². The second kappa shape index (κ2) is 3.88. The first-order valence-corrected chi connectivity index (χ1v) is 4.67. The third-order valence-corrected chi connectivity index (χ3v) is 2.91. The third-order valence-electron chi connectivity index (χ3n) is 2.91. The fraction of sp³-hybridized carbons (Fsp3) is 0.545. The predicted molar refractivity (Wildman–Crippen MR) is 55.8 cm³/mol. The van der Waals surface area contributed by atoms with E-state index in [1.807, 2.05) is 25.5 Å².